The standard InChI is InChI=1S/C23H19Cl2N5O3S/c24-18-6-3-16(13-19(18)25)22(31)28-9-7-27(8-10-28)14-20-21(26-23-29(20)11-12-34-23)15-1-4-17(5-2-15)30(32)33/h1-6,11-13H,7-10,14H2. The first-order chi connectivity index (χ1) is 16.4. The maximum Gasteiger partial charge on any atom is 0.269 e. The Kier molecular flexibility index (Phi) is 6.26. The number of aromatic nitrogens is 2. The SMILES string of the molecule is O=C(c1ccc(Cl)c(Cl)c1)N1CCN(Cc2c(-c3ccc([N+](=O)[O-])cc3)nc3sccn23)CC1. The summed E-state index contributed by atoms with van der Waals surface area (Å²) in [5.74, 6) is -0.0608. The molecule has 1 fully saturated rings. The van der Waals surface area contributed by atoms with Gasteiger partial charge in [0.1, 0.15) is 0 Å². The molecule has 0 radical (unpaired) electrons. The molecule has 0 spiro atoms. The highest BCUT2D eigenvalue weighted by atomic mass is 35.5. The Balaban J connectivity index is 1.32. The van der Waals surface area contributed by atoms with Crippen molar-refractivity contribution in [3.63, 3.8) is 0 Å². The Labute approximate surface area is 209 Å². The van der Waals surface area contributed by atoms with Crippen LogP contribution in [-0.2, 0) is 6.54 Å². The first-order valence-electron chi connectivity index (χ1n) is 10.6. The van der Waals surface area contributed by atoms with Crippen LogP contribution >= 0.6 is 34.5 Å². The maximum atomic E-state index is 12.9. The lowest BCUT2D eigenvalue weighted by Crippen LogP contribution is -2.48. The number of nitro benzene ring substituents is 1. The van der Waals surface area contributed by atoms with Crippen molar-refractivity contribution in [2.24, 2.45) is 0 Å². The van der Waals surface area contributed by atoms with E-state index in [2.05, 4.69) is 9.30 Å². The van der Waals surface area contributed by atoms with E-state index >= 15 is 0 Å². The second-order valence-corrected chi connectivity index (χ2v) is 9.65. The van der Waals surface area contributed by atoms with Crippen LogP contribution in [0.15, 0.2) is 54.0 Å². The lowest BCUT2D eigenvalue weighted by atomic mass is 10.1. The summed E-state index contributed by atoms with van der Waals surface area (Å²) in [6.07, 6.45) is 1.99. The van der Waals surface area contributed by atoms with Crippen molar-refractivity contribution in [2.75, 3.05) is 26.2 Å². The molecule has 1 saturated heterocycles. The molecule has 0 N–H and O–H groups in total. The van der Waals surface area contributed by atoms with E-state index in [1.54, 1.807) is 41.7 Å². The molecule has 174 valence electrons. The first kappa shape index (κ1) is 22.8. The second-order valence-electron chi connectivity index (χ2n) is 7.96. The van der Waals surface area contributed by atoms with Crippen LogP contribution < -0.4 is 0 Å². The lowest BCUT2D eigenvalue weighted by molar-refractivity contribution is -0.384. The number of nitro groups is 1. The number of imidazole rings is 1. The minimum atomic E-state index is -0.408. The Hall–Kier alpha value is -2.98. The number of carbonyl (C=O) groups is 1. The van der Waals surface area contributed by atoms with Crippen molar-refractivity contribution in [2.45, 2.75) is 6.54 Å². The van der Waals surface area contributed by atoms with Crippen LogP contribution in [0.2, 0.25) is 10.0 Å². The van der Waals surface area contributed by atoms with E-state index in [-0.39, 0.29) is 11.6 Å². The molecule has 0 atom stereocenters. The number of amides is 1. The smallest absolute Gasteiger partial charge is 0.269 e. The number of benzene rings is 2. The molecule has 11 heteroatoms. The molecule has 1 aliphatic rings. The molecule has 0 saturated carbocycles. The van der Waals surface area contributed by atoms with Gasteiger partial charge in [0.25, 0.3) is 11.6 Å². The van der Waals surface area contributed by atoms with Gasteiger partial charge in [-0.3, -0.25) is 24.2 Å². The highest BCUT2D eigenvalue weighted by Crippen LogP contribution is 2.29. The summed E-state index contributed by atoms with van der Waals surface area (Å²) in [7, 11) is 0. The number of nitrogens with zero attached hydrogens (tertiary/aromatic N) is 5. The van der Waals surface area contributed by atoms with Crippen molar-refractivity contribution in [1.29, 1.82) is 0 Å². The highest BCUT2D eigenvalue weighted by Gasteiger charge is 2.25. The first-order valence-corrected chi connectivity index (χ1v) is 12.2. The van der Waals surface area contributed by atoms with E-state index in [9.17, 15) is 14.9 Å². The Morgan fingerprint density at radius 3 is 2.47 bits per heavy atom. The Morgan fingerprint density at radius 2 is 1.79 bits per heavy atom. The van der Waals surface area contributed by atoms with E-state index in [0.717, 1.165) is 21.9 Å². The van der Waals surface area contributed by atoms with Crippen molar-refractivity contribution in [1.82, 2.24) is 19.2 Å². The molecule has 2 aromatic carbocycles. The second kappa shape index (κ2) is 9.34. The Morgan fingerprint density at radius 1 is 1.06 bits per heavy atom. The van der Waals surface area contributed by atoms with Gasteiger partial charge in [-0.1, -0.05) is 23.2 Å². The molecule has 0 aliphatic carbocycles. The lowest BCUT2D eigenvalue weighted by Gasteiger charge is -2.34. The predicted molar refractivity (Wildman–Crippen MR) is 133 cm³/mol. The Bertz CT molecular complexity index is 1380. The van der Waals surface area contributed by atoms with Crippen molar-refractivity contribution >= 4 is 51.1 Å². The zero-order chi connectivity index (χ0) is 23.8. The van der Waals surface area contributed by atoms with E-state index in [0.29, 0.717) is 48.3 Å². The van der Waals surface area contributed by atoms with Gasteiger partial charge in [-0.05, 0) is 30.3 Å². The zero-order valence-electron chi connectivity index (χ0n) is 17.9. The van der Waals surface area contributed by atoms with Gasteiger partial charge in [0.05, 0.1) is 26.4 Å². The number of thiazole rings is 1. The summed E-state index contributed by atoms with van der Waals surface area (Å²) < 4.78 is 2.06. The fourth-order valence-electron chi connectivity index (χ4n) is 4.09. The highest BCUT2D eigenvalue weighted by molar-refractivity contribution is 7.15. The monoisotopic (exact) mass is 515 g/mol. The molecule has 1 aliphatic heterocycles. The molecule has 34 heavy (non-hydrogen) atoms. The average Bonchev–Trinajstić information content (AvgIpc) is 3.43. The van der Waals surface area contributed by atoms with Crippen LogP contribution in [0.1, 0.15) is 16.1 Å². The zero-order valence-corrected chi connectivity index (χ0v) is 20.2. The minimum Gasteiger partial charge on any atom is -0.336 e. The van der Waals surface area contributed by atoms with Gasteiger partial charge in [0.15, 0.2) is 4.96 Å². The molecular weight excluding hydrogens is 497 g/mol. The quantitative estimate of drug-likeness (QED) is 0.268. The van der Waals surface area contributed by atoms with Crippen LogP contribution in [0.4, 0.5) is 5.69 Å². The van der Waals surface area contributed by atoms with E-state index in [1.807, 2.05) is 16.5 Å². The maximum absolute atomic E-state index is 12.9. The largest absolute Gasteiger partial charge is 0.336 e. The molecule has 5 rings (SSSR count). The van der Waals surface area contributed by atoms with Gasteiger partial charge in [-0.2, -0.15) is 0 Å². The van der Waals surface area contributed by atoms with Gasteiger partial charge < -0.3 is 4.90 Å². The van der Waals surface area contributed by atoms with Crippen LogP contribution in [0.25, 0.3) is 16.2 Å². The number of non-ortho nitro benzene ring substituents is 1. The summed E-state index contributed by atoms with van der Waals surface area (Å²) in [5, 5.41) is 13.8. The van der Waals surface area contributed by atoms with Gasteiger partial charge in [0, 0.05) is 67.6 Å². The molecule has 0 unspecified atom stereocenters. The third-order valence-corrected chi connectivity index (χ3v) is 7.41. The number of fused-ring (bicyclic) bond motifs is 1. The molecule has 8 nitrogen and oxygen atoms in total. The fraction of sp³-hybridized carbons (Fsp3) is 0.217. The third kappa shape index (κ3) is 4.39. The number of hydrogen-bond acceptors (Lipinski definition) is 6. The minimum absolute atomic E-state index is 0.0501. The van der Waals surface area contributed by atoms with Crippen LogP contribution in [0.3, 0.4) is 0 Å². The molecule has 0 bridgehead atoms. The molecule has 4 aromatic rings. The summed E-state index contributed by atoms with van der Waals surface area (Å²) >= 11 is 13.6. The van der Waals surface area contributed by atoms with Crippen LogP contribution in [-0.4, -0.2) is 56.2 Å². The summed E-state index contributed by atoms with van der Waals surface area (Å²) in [6, 6.07) is 11.4. The van der Waals surface area contributed by atoms with Gasteiger partial charge in [-0.15, -0.1) is 11.3 Å². The van der Waals surface area contributed by atoms with Crippen molar-refractivity contribution in [3.8, 4) is 11.3 Å². The van der Waals surface area contributed by atoms with Crippen molar-refractivity contribution in [3.05, 3.63) is 85.5 Å². The summed E-state index contributed by atoms with van der Waals surface area (Å²) in [4.78, 5) is 33.3. The van der Waals surface area contributed by atoms with Gasteiger partial charge in [-0.25, -0.2) is 4.98 Å². The summed E-state index contributed by atoms with van der Waals surface area (Å²) in [6.45, 7) is 3.27. The molecular formula is C23H19Cl2N5O3S. The predicted octanol–water partition coefficient (Wildman–Crippen LogP) is 5.24. The number of piperazine rings is 1. The molecule has 1 amide bonds. The third-order valence-electron chi connectivity index (χ3n) is 5.91. The van der Waals surface area contributed by atoms with Crippen LogP contribution in [0, 0.1) is 10.1 Å². The molecule has 3 heterocycles. The van der Waals surface area contributed by atoms with E-state index < -0.39 is 4.92 Å². The normalized spacial score (nSPS) is 14.6. The number of carbonyl (C=O) groups excluding carboxylic acids is 1. The summed E-state index contributed by atoms with van der Waals surface area (Å²) in [5.41, 5.74) is 3.25. The van der Waals surface area contributed by atoms with Gasteiger partial charge in [0.2, 0.25) is 0 Å². The number of rotatable bonds is 5. The van der Waals surface area contributed by atoms with Crippen molar-refractivity contribution < 1.29 is 9.72 Å². The van der Waals surface area contributed by atoms with E-state index in [1.165, 1.54) is 12.1 Å². The number of hydrogen-bond donors (Lipinski definition) is 0. The fourth-order valence-corrected chi connectivity index (χ4v) is 5.12. The number of halogens is 2. The van der Waals surface area contributed by atoms with Gasteiger partial charge >= 0.3 is 0 Å². The molecule has 2 aromatic heterocycles. The van der Waals surface area contributed by atoms with Crippen LogP contribution in [0.5, 0.6) is 0 Å². The van der Waals surface area contributed by atoms with E-state index in [4.69, 9.17) is 28.2 Å². The average molecular weight is 516 g/mol. The topological polar surface area (TPSA) is 84.0 Å².